The van der Waals surface area contributed by atoms with E-state index < -0.39 is 0 Å². The van der Waals surface area contributed by atoms with E-state index in [0.29, 0.717) is 6.54 Å². The Labute approximate surface area is 121 Å². The third-order valence-corrected chi connectivity index (χ3v) is 3.70. The molecule has 1 atom stereocenters. The molecule has 0 saturated heterocycles. The van der Waals surface area contributed by atoms with Crippen molar-refractivity contribution in [2.75, 3.05) is 6.54 Å². The van der Waals surface area contributed by atoms with Crippen molar-refractivity contribution in [1.82, 2.24) is 9.97 Å². The van der Waals surface area contributed by atoms with Gasteiger partial charge >= 0.3 is 0 Å². The van der Waals surface area contributed by atoms with Crippen molar-refractivity contribution in [1.29, 1.82) is 0 Å². The smallest absolute Gasteiger partial charge is 0.0674 e. The fraction of sp³-hybridized carbons (Fsp3) is 0.412. The number of rotatable bonds is 3. The minimum absolute atomic E-state index is 0.103. The molecule has 0 spiro atoms. The molecule has 1 heterocycles. The zero-order valence-corrected chi connectivity index (χ0v) is 12.7. The van der Waals surface area contributed by atoms with Crippen LogP contribution < -0.4 is 5.73 Å². The molecule has 0 aliphatic rings. The second-order valence-electron chi connectivity index (χ2n) is 6.24. The lowest BCUT2D eigenvalue weighted by atomic mass is 9.82. The van der Waals surface area contributed by atoms with Gasteiger partial charge in [-0.15, -0.1) is 0 Å². The maximum Gasteiger partial charge on any atom is 0.0674 e. The van der Waals surface area contributed by atoms with Crippen LogP contribution in [0, 0.1) is 6.92 Å². The van der Waals surface area contributed by atoms with Crippen LogP contribution in [-0.4, -0.2) is 16.5 Å². The average Bonchev–Trinajstić information content (AvgIpc) is 2.41. The molecule has 0 radical (unpaired) electrons. The van der Waals surface area contributed by atoms with Gasteiger partial charge in [0, 0.05) is 31.1 Å². The Balaban J connectivity index is 2.50. The van der Waals surface area contributed by atoms with Crippen molar-refractivity contribution in [2.45, 2.75) is 39.0 Å². The quantitative estimate of drug-likeness (QED) is 0.931. The van der Waals surface area contributed by atoms with Crippen molar-refractivity contribution in [3.05, 3.63) is 59.2 Å². The molecule has 1 aromatic heterocycles. The molecule has 0 aliphatic carbocycles. The summed E-state index contributed by atoms with van der Waals surface area (Å²) in [5, 5.41) is 0. The van der Waals surface area contributed by atoms with Gasteiger partial charge < -0.3 is 5.73 Å². The van der Waals surface area contributed by atoms with Gasteiger partial charge in [0.25, 0.3) is 0 Å². The second kappa shape index (κ2) is 5.71. The Kier molecular flexibility index (Phi) is 4.19. The van der Waals surface area contributed by atoms with Gasteiger partial charge in [-0.05, 0) is 29.0 Å². The van der Waals surface area contributed by atoms with Crippen LogP contribution in [0.2, 0.25) is 0 Å². The fourth-order valence-electron chi connectivity index (χ4n) is 2.38. The topological polar surface area (TPSA) is 51.8 Å². The molecule has 106 valence electrons. The zero-order chi connectivity index (χ0) is 14.8. The van der Waals surface area contributed by atoms with E-state index in [0.717, 1.165) is 5.69 Å². The highest BCUT2D eigenvalue weighted by Gasteiger charge is 2.20. The first-order valence-corrected chi connectivity index (χ1v) is 7.00. The van der Waals surface area contributed by atoms with Crippen molar-refractivity contribution in [2.24, 2.45) is 5.73 Å². The molecule has 0 saturated carbocycles. The number of nitrogens with two attached hydrogens (primary N) is 1. The van der Waals surface area contributed by atoms with Gasteiger partial charge in [-0.2, -0.15) is 0 Å². The monoisotopic (exact) mass is 269 g/mol. The third kappa shape index (κ3) is 3.05. The normalized spacial score (nSPS) is 13.2. The van der Waals surface area contributed by atoms with Crippen molar-refractivity contribution in [3.63, 3.8) is 0 Å². The average molecular weight is 269 g/mol. The van der Waals surface area contributed by atoms with E-state index in [-0.39, 0.29) is 11.3 Å². The molecular weight excluding hydrogens is 246 g/mol. The van der Waals surface area contributed by atoms with Crippen molar-refractivity contribution >= 4 is 0 Å². The van der Waals surface area contributed by atoms with E-state index in [2.05, 4.69) is 55.9 Å². The van der Waals surface area contributed by atoms with Crippen LogP contribution in [0.3, 0.4) is 0 Å². The molecule has 20 heavy (non-hydrogen) atoms. The maximum absolute atomic E-state index is 6.00. The van der Waals surface area contributed by atoms with Gasteiger partial charge in [0.05, 0.1) is 5.69 Å². The summed E-state index contributed by atoms with van der Waals surface area (Å²) in [6.07, 6.45) is 5.22. The molecule has 1 aromatic carbocycles. The Morgan fingerprint density at radius 2 is 1.95 bits per heavy atom. The van der Waals surface area contributed by atoms with Crippen LogP contribution in [-0.2, 0) is 5.41 Å². The number of hydrogen-bond donors (Lipinski definition) is 1. The molecule has 3 nitrogen and oxygen atoms in total. The molecule has 0 bridgehead atoms. The molecule has 0 aliphatic heterocycles. The van der Waals surface area contributed by atoms with Crippen LogP contribution in [0.25, 0.3) is 0 Å². The summed E-state index contributed by atoms with van der Waals surface area (Å²) in [6, 6.07) is 6.64. The second-order valence-corrected chi connectivity index (χ2v) is 6.24. The molecule has 2 aromatic rings. The third-order valence-electron chi connectivity index (χ3n) is 3.70. The van der Waals surface area contributed by atoms with Crippen LogP contribution in [0.4, 0.5) is 0 Å². The first kappa shape index (κ1) is 14.7. The van der Waals surface area contributed by atoms with E-state index in [9.17, 15) is 0 Å². The molecule has 0 amide bonds. The van der Waals surface area contributed by atoms with Crippen molar-refractivity contribution < 1.29 is 0 Å². The SMILES string of the molecule is Cc1ccc(C(C)(C)C)cc1C(CN)c1cnccn1. The highest BCUT2D eigenvalue weighted by Crippen LogP contribution is 2.30. The van der Waals surface area contributed by atoms with E-state index in [1.807, 2.05) is 0 Å². The number of aryl methyl sites for hydroxylation is 1. The fourth-order valence-corrected chi connectivity index (χ4v) is 2.38. The number of aromatic nitrogens is 2. The van der Waals surface area contributed by atoms with E-state index in [1.165, 1.54) is 16.7 Å². The Morgan fingerprint density at radius 3 is 2.50 bits per heavy atom. The Bertz CT molecular complexity index is 571. The molecule has 0 fully saturated rings. The van der Waals surface area contributed by atoms with Crippen LogP contribution in [0.5, 0.6) is 0 Å². The van der Waals surface area contributed by atoms with E-state index >= 15 is 0 Å². The highest BCUT2D eigenvalue weighted by molar-refractivity contribution is 5.40. The lowest BCUT2D eigenvalue weighted by molar-refractivity contribution is 0.588. The van der Waals surface area contributed by atoms with Crippen LogP contribution >= 0.6 is 0 Å². The number of benzene rings is 1. The first-order valence-electron chi connectivity index (χ1n) is 7.00. The van der Waals surface area contributed by atoms with Gasteiger partial charge in [-0.3, -0.25) is 9.97 Å². The minimum Gasteiger partial charge on any atom is -0.329 e. The summed E-state index contributed by atoms with van der Waals surface area (Å²) in [7, 11) is 0. The van der Waals surface area contributed by atoms with Crippen LogP contribution in [0.15, 0.2) is 36.8 Å². The summed E-state index contributed by atoms with van der Waals surface area (Å²) in [6.45, 7) is 9.33. The largest absolute Gasteiger partial charge is 0.329 e. The molecule has 3 heteroatoms. The lowest BCUT2D eigenvalue weighted by Crippen LogP contribution is -2.18. The summed E-state index contributed by atoms with van der Waals surface area (Å²) < 4.78 is 0. The number of hydrogen-bond acceptors (Lipinski definition) is 3. The van der Waals surface area contributed by atoms with Gasteiger partial charge in [-0.25, -0.2) is 0 Å². The van der Waals surface area contributed by atoms with Gasteiger partial charge in [-0.1, -0.05) is 39.0 Å². The van der Waals surface area contributed by atoms with E-state index in [4.69, 9.17) is 5.73 Å². The Hall–Kier alpha value is -1.74. The zero-order valence-electron chi connectivity index (χ0n) is 12.7. The molecule has 2 N–H and O–H groups in total. The lowest BCUT2D eigenvalue weighted by Gasteiger charge is -2.23. The van der Waals surface area contributed by atoms with Gasteiger partial charge in [0.1, 0.15) is 0 Å². The standard InChI is InChI=1S/C17H23N3/c1-12-5-6-13(17(2,3)4)9-14(12)15(10-18)16-11-19-7-8-20-16/h5-9,11,15H,10,18H2,1-4H3. The number of nitrogens with zero attached hydrogens (tertiary/aromatic N) is 2. The predicted molar refractivity (Wildman–Crippen MR) is 82.8 cm³/mol. The molecule has 1 unspecified atom stereocenters. The summed E-state index contributed by atoms with van der Waals surface area (Å²) in [4.78, 5) is 8.58. The highest BCUT2D eigenvalue weighted by atomic mass is 14.8. The maximum atomic E-state index is 6.00. The van der Waals surface area contributed by atoms with E-state index in [1.54, 1.807) is 18.6 Å². The molecule has 2 rings (SSSR count). The molecular formula is C17H23N3. The summed E-state index contributed by atoms with van der Waals surface area (Å²) in [5.41, 5.74) is 10.9. The summed E-state index contributed by atoms with van der Waals surface area (Å²) in [5.74, 6) is 0.103. The van der Waals surface area contributed by atoms with Gasteiger partial charge in [0.15, 0.2) is 0 Å². The van der Waals surface area contributed by atoms with Crippen LogP contribution in [0.1, 0.15) is 49.1 Å². The first-order chi connectivity index (χ1) is 9.43. The Morgan fingerprint density at radius 1 is 1.20 bits per heavy atom. The van der Waals surface area contributed by atoms with Gasteiger partial charge in [0.2, 0.25) is 0 Å². The summed E-state index contributed by atoms with van der Waals surface area (Å²) >= 11 is 0. The minimum atomic E-state index is 0.103. The van der Waals surface area contributed by atoms with Crippen molar-refractivity contribution in [3.8, 4) is 0 Å². The predicted octanol–water partition coefficient (Wildman–Crippen LogP) is 3.17.